The molecule has 2 amide bonds. The maximum atomic E-state index is 13.5. The van der Waals surface area contributed by atoms with Crippen LogP contribution in [-0.4, -0.2) is 46.4 Å². The normalized spacial score (nSPS) is 21.0. The number of carbonyl (C=O) groups excluding carboxylic acids is 2. The second kappa shape index (κ2) is 8.54. The highest BCUT2D eigenvalue weighted by Gasteiger charge is 2.34. The minimum atomic E-state index is -0.471. The highest BCUT2D eigenvalue weighted by Crippen LogP contribution is 2.44. The summed E-state index contributed by atoms with van der Waals surface area (Å²) in [6, 6.07) is 10.9. The minimum Gasteiger partial charge on any atom is -0.477 e. The largest absolute Gasteiger partial charge is 0.477 e. The number of thioether (sulfide) groups is 1. The second-order valence-corrected chi connectivity index (χ2v) is 9.81. The zero-order valence-electron chi connectivity index (χ0n) is 17.5. The molecular formula is C24H27N3O3S. The Kier molecular flexibility index (Phi) is 5.61. The fourth-order valence-electron chi connectivity index (χ4n) is 4.14. The van der Waals surface area contributed by atoms with Crippen molar-refractivity contribution in [2.45, 2.75) is 37.6 Å². The fraction of sp³-hybridized carbons (Fsp3) is 0.458. The summed E-state index contributed by atoms with van der Waals surface area (Å²) in [6.07, 6.45) is 4.74. The summed E-state index contributed by atoms with van der Waals surface area (Å²) in [5, 5.41) is 0. The molecule has 2 heterocycles. The summed E-state index contributed by atoms with van der Waals surface area (Å²) in [5.74, 6) is 2.74. The van der Waals surface area contributed by atoms with Gasteiger partial charge in [-0.15, -0.1) is 0 Å². The average Bonchev–Trinajstić information content (AvgIpc) is 3.71. The molecular weight excluding hydrogens is 410 g/mol. The third kappa shape index (κ3) is 4.42. The Balaban J connectivity index is 1.43. The van der Waals surface area contributed by atoms with Gasteiger partial charge < -0.3 is 15.4 Å². The molecule has 1 unspecified atom stereocenters. The van der Waals surface area contributed by atoms with Gasteiger partial charge in [-0.25, -0.2) is 4.98 Å². The van der Waals surface area contributed by atoms with Crippen molar-refractivity contribution in [3.8, 4) is 5.88 Å². The highest BCUT2D eigenvalue weighted by atomic mass is 32.2. The van der Waals surface area contributed by atoms with Gasteiger partial charge in [0.15, 0.2) is 0 Å². The molecule has 31 heavy (non-hydrogen) atoms. The van der Waals surface area contributed by atoms with E-state index in [1.165, 1.54) is 12.8 Å². The second-order valence-electron chi connectivity index (χ2n) is 8.66. The number of nitrogens with zero attached hydrogens (tertiary/aromatic N) is 2. The first kappa shape index (κ1) is 20.4. The summed E-state index contributed by atoms with van der Waals surface area (Å²) < 4.78 is 6.06. The van der Waals surface area contributed by atoms with Crippen LogP contribution in [0.4, 0.5) is 0 Å². The zero-order chi connectivity index (χ0) is 21.4. The van der Waals surface area contributed by atoms with Crippen molar-refractivity contribution in [3.05, 3.63) is 58.8 Å². The maximum Gasteiger partial charge on any atom is 0.273 e. The fourth-order valence-corrected chi connectivity index (χ4v) is 5.21. The summed E-state index contributed by atoms with van der Waals surface area (Å²) in [6.45, 7) is 1.28. The van der Waals surface area contributed by atoms with Crippen LogP contribution in [-0.2, 0) is 0 Å². The lowest BCUT2D eigenvalue weighted by Crippen LogP contribution is -2.42. The van der Waals surface area contributed by atoms with Gasteiger partial charge in [0.2, 0.25) is 11.8 Å². The Labute approximate surface area is 186 Å². The van der Waals surface area contributed by atoms with E-state index in [2.05, 4.69) is 4.98 Å². The van der Waals surface area contributed by atoms with Crippen molar-refractivity contribution in [2.75, 3.05) is 24.7 Å². The molecule has 1 aromatic heterocycles. The van der Waals surface area contributed by atoms with Gasteiger partial charge in [-0.05, 0) is 55.2 Å². The van der Waals surface area contributed by atoms with Crippen LogP contribution in [0.1, 0.15) is 69.6 Å². The first-order valence-corrected chi connectivity index (χ1v) is 12.2. The molecule has 3 aliphatic rings. The Bertz CT molecular complexity index is 1000. The van der Waals surface area contributed by atoms with Gasteiger partial charge >= 0.3 is 0 Å². The molecule has 1 atom stereocenters. The summed E-state index contributed by atoms with van der Waals surface area (Å²) >= 11 is 1.78. The van der Waals surface area contributed by atoms with Gasteiger partial charge in [0.1, 0.15) is 5.69 Å². The molecule has 5 rings (SSSR count). The number of rotatable bonds is 7. The molecule has 3 fully saturated rings. The van der Waals surface area contributed by atoms with Gasteiger partial charge in [-0.2, -0.15) is 11.8 Å². The van der Waals surface area contributed by atoms with Gasteiger partial charge in [0, 0.05) is 29.2 Å². The van der Waals surface area contributed by atoms with Crippen molar-refractivity contribution in [1.29, 1.82) is 0 Å². The molecule has 2 saturated carbocycles. The molecule has 0 bridgehead atoms. The maximum absolute atomic E-state index is 13.5. The monoisotopic (exact) mass is 437 g/mol. The molecule has 1 aliphatic heterocycles. The van der Waals surface area contributed by atoms with Crippen LogP contribution in [0.25, 0.3) is 0 Å². The molecule has 0 radical (unpaired) electrons. The molecule has 2 aromatic rings. The van der Waals surface area contributed by atoms with Crippen molar-refractivity contribution < 1.29 is 14.3 Å². The molecule has 1 aromatic carbocycles. The van der Waals surface area contributed by atoms with Crippen LogP contribution in [0.15, 0.2) is 36.4 Å². The number of hydrogen-bond donors (Lipinski definition) is 1. The molecule has 7 heteroatoms. The molecule has 162 valence electrons. The first-order valence-electron chi connectivity index (χ1n) is 11.0. The summed E-state index contributed by atoms with van der Waals surface area (Å²) in [5.41, 5.74) is 8.41. The molecule has 2 aliphatic carbocycles. The third-order valence-electron chi connectivity index (χ3n) is 6.25. The molecule has 0 spiro atoms. The lowest BCUT2D eigenvalue weighted by atomic mass is 9.99. The predicted octanol–water partition coefficient (Wildman–Crippen LogP) is 3.78. The standard InChI is InChI=1S/C24H27N3O3S/c25-22(28)19-4-2-1-3-18(19)21-14-31-12-11-27(21)24(29)20-10-9-17(16-7-8-16)23(26-20)30-13-15-5-6-15/h1-4,9-10,15-16,21H,5-8,11-14H2,(H2,25,28). The van der Waals surface area contributed by atoms with Crippen LogP contribution in [0.5, 0.6) is 5.88 Å². The number of primary amides is 1. The molecule has 6 nitrogen and oxygen atoms in total. The summed E-state index contributed by atoms with van der Waals surface area (Å²) in [7, 11) is 0. The van der Waals surface area contributed by atoms with Gasteiger partial charge in [-0.3, -0.25) is 9.59 Å². The van der Waals surface area contributed by atoms with E-state index in [0.717, 1.165) is 35.5 Å². The van der Waals surface area contributed by atoms with E-state index in [0.29, 0.717) is 42.1 Å². The topological polar surface area (TPSA) is 85.5 Å². The van der Waals surface area contributed by atoms with E-state index >= 15 is 0 Å². The van der Waals surface area contributed by atoms with E-state index in [-0.39, 0.29) is 11.9 Å². The Morgan fingerprint density at radius 3 is 2.65 bits per heavy atom. The number of benzene rings is 1. The summed E-state index contributed by atoms with van der Waals surface area (Å²) in [4.78, 5) is 32.0. The number of pyridine rings is 1. The van der Waals surface area contributed by atoms with Gasteiger partial charge in [0.05, 0.1) is 12.6 Å². The number of ether oxygens (including phenoxy) is 1. The lowest BCUT2D eigenvalue weighted by Gasteiger charge is -2.36. The van der Waals surface area contributed by atoms with Crippen molar-refractivity contribution in [3.63, 3.8) is 0 Å². The first-order chi connectivity index (χ1) is 15.1. The SMILES string of the molecule is NC(=O)c1ccccc1C1CSCCN1C(=O)c1ccc(C2CC2)c(OCC2CC2)n1. The average molecular weight is 438 g/mol. The van der Waals surface area contributed by atoms with Crippen LogP contribution in [0.3, 0.4) is 0 Å². The van der Waals surface area contributed by atoms with Gasteiger partial charge in [0.25, 0.3) is 5.91 Å². The minimum absolute atomic E-state index is 0.122. The van der Waals surface area contributed by atoms with Crippen LogP contribution in [0, 0.1) is 5.92 Å². The van der Waals surface area contributed by atoms with Crippen molar-refractivity contribution in [1.82, 2.24) is 9.88 Å². The van der Waals surface area contributed by atoms with Crippen molar-refractivity contribution >= 4 is 23.6 Å². The number of amides is 2. The number of nitrogens with two attached hydrogens (primary N) is 1. The van der Waals surface area contributed by atoms with Gasteiger partial charge in [-0.1, -0.05) is 24.3 Å². The van der Waals surface area contributed by atoms with Crippen LogP contribution < -0.4 is 10.5 Å². The highest BCUT2D eigenvalue weighted by molar-refractivity contribution is 7.99. The molecule has 1 saturated heterocycles. The zero-order valence-corrected chi connectivity index (χ0v) is 18.3. The Morgan fingerprint density at radius 2 is 1.90 bits per heavy atom. The van der Waals surface area contributed by atoms with E-state index in [1.807, 2.05) is 29.2 Å². The van der Waals surface area contributed by atoms with E-state index in [1.54, 1.807) is 23.9 Å². The number of hydrogen-bond acceptors (Lipinski definition) is 5. The van der Waals surface area contributed by atoms with Crippen LogP contribution >= 0.6 is 11.8 Å². The van der Waals surface area contributed by atoms with Crippen LogP contribution in [0.2, 0.25) is 0 Å². The Hall–Kier alpha value is -2.54. The van der Waals surface area contributed by atoms with E-state index in [9.17, 15) is 9.59 Å². The predicted molar refractivity (Wildman–Crippen MR) is 120 cm³/mol. The quantitative estimate of drug-likeness (QED) is 0.713. The molecule has 2 N–H and O–H groups in total. The van der Waals surface area contributed by atoms with E-state index < -0.39 is 5.91 Å². The number of aromatic nitrogens is 1. The Morgan fingerprint density at radius 1 is 1.10 bits per heavy atom. The number of carbonyl (C=O) groups is 2. The lowest BCUT2D eigenvalue weighted by molar-refractivity contribution is 0.0691. The third-order valence-corrected chi connectivity index (χ3v) is 7.28. The smallest absolute Gasteiger partial charge is 0.273 e. The van der Waals surface area contributed by atoms with E-state index in [4.69, 9.17) is 10.5 Å². The van der Waals surface area contributed by atoms with Crippen molar-refractivity contribution in [2.24, 2.45) is 11.7 Å².